The maximum absolute atomic E-state index is 13.2. The quantitative estimate of drug-likeness (QED) is 0.486. The zero-order valence-corrected chi connectivity index (χ0v) is 17.0. The third-order valence-corrected chi connectivity index (χ3v) is 5.94. The van der Waals surface area contributed by atoms with E-state index >= 15 is 0 Å². The van der Waals surface area contributed by atoms with E-state index in [0.29, 0.717) is 11.3 Å². The lowest BCUT2D eigenvalue weighted by molar-refractivity contribution is 0.0713. The highest BCUT2D eigenvalue weighted by atomic mass is 32.1. The van der Waals surface area contributed by atoms with E-state index < -0.39 is 0 Å². The number of fused-ring (bicyclic) bond motifs is 1. The van der Waals surface area contributed by atoms with Crippen molar-refractivity contribution in [3.63, 3.8) is 0 Å². The molecule has 0 N–H and O–H groups in total. The van der Waals surface area contributed by atoms with Gasteiger partial charge in [0.05, 0.1) is 40.6 Å². The van der Waals surface area contributed by atoms with E-state index in [2.05, 4.69) is 4.98 Å². The predicted molar refractivity (Wildman–Crippen MR) is 117 cm³/mol. The molecule has 1 amide bonds. The lowest BCUT2D eigenvalue weighted by atomic mass is 10.0. The SMILES string of the molecule is COc1ccc(C2=NN(C(=O)c3cccs3)C(c3cnc4ccccc4n3)C2)cc1. The lowest BCUT2D eigenvalue weighted by Crippen LogP contribution is -2.27. The fourth-order valence-corrected chi connectivity index (χ4v) is 4.19. The molecule has 0 aliphatic carbocycles. The smallest absolute Gasteiger partial charge is 0.284 e. The van der Waals surface area contributed by atoms with Crippen LogP contribution in [0.1, 0.15) is 33.4 Å². The monoisotopic (exact) mass is 414 g/mol. The number of para-hydroxylation sites is 2. The van der Waals surface area contributed by atoms with Crippen molar-refractivity contribution in [2.24, 2.45) is 5.10 Å². The Bertz CT molecular complexity index is 1240. The summed E-state index contributed by atoms with van der Waals surface area (Å²) < 4.78 is 5.25. The molecule has 148 valence electrons. The van der Waals surface area contributed by atoms with Gasteiger partial charge in [0, 0.05) is 6.42 Å². The van der Waals surface area contributed by atoms with Gasteiger partial charge in [-0.15, -0.1) is 11.3 Å². The zero-order chi connectivity index (χ0) is 20.5. The van der Waals surface area contributed by atoms with Gasteiger partial charge in [-0.05, 0) is 53.4 Å². The molecule has 0 bridgehead atoms. The molecule has 1 aliphatic rings. The van der Waals surface area contributed by atoms with E-state index in [4.69, 9.17) is 14.8 Å². The first-order chi connectivity index (χ1) is 14.7. The normalized spacial score (nSPS) is 16.0. The maximum atomic E-state index is 13.2. The van der Waals surface area contributed by atoms with Crippen LogP contribution in [-0.2, 0) is 0 Å². The summed E-state index contributed by atoms with van der Waals surface area (Å²) in [6.45, 7) is 0. The van der Waals surface area contributed by atoms with Gasteiger partial charge in [0.15, 0.2) is 0 Å². The number of aromatic nitrogens is 2. The van der Waals surface area contributed by atoms with Crippen LogP contribution < -0.4 is 4.74 Å². The van der Waals surface area contributed by atoms with Crippen molar-refractivity contribution >= 4 is 34.0 Å². The van der Waals surface area contributed by atoms with Gasteiger partial charge in [0.1, 0.15) is 11.8 Å². The molecule has 1 atom stereocenters. The zero-order valence-electron chi connectivity index (χ0n) is 16.2. The number of carbonyl (C=O) groups excluding carboxylic acids is 1. The summed E-state index contributed by atoms with van der Waals surface area (Å²) in [5.41, 5.74) is 4.15. The van der Waals surface area contributed by atoms with Gasteiger partial charge in [-0.1, -0.05) is 18.2 Å². The van der Waals surface area contributed by atoms with E-state index in [1.165, 1.54) is 11.3 Å². The molecule has 1 unspecified atom stereocenters. The molecule has 7 heteroatoms. The number of thiophene rings is 1. The molecule has 6 nitrogen and oxygen atoms in total. The minimum atomic E-state index is -0.311. The molecular formula is C23H18N4O2S. The molecule has 4 aromatic rings. The van der Waals surface area contributed by atoms with Crippen LogP contribution in [0.3, 0.4) is 0 Å². The van der Waals surface area contributed by atoms with E-state index in [1.54, 1.807) is 18.3 Å². The Morgan fingerprint density at radius 2 is 1.87 bits per heavy atom. The molecule has 0 saturated carbocycles. The van der Waals surface area contributed by atoms with E-state index in [0.717, 1.165) is 33.8 Å². The minimum Gasteiger partial charge on any atom is -0.497 e. The summed E-state index contributed by atoms with van der Waals surface area (Å²) in [7, 11) is 1.64. The molecule has 5 rings (SSSR count). The summed E-state index contributed by atoms with van der Waals surface area (Å²) in [6.07, 6.45) is 2.31. The van der Waals surface area contributed by atoms with Crippen LogP contribution in [0.5, 0.6) is 5.75 Å². The first kappa shape index (κ1) is 18.4. The average molecular weight is 414 g/mol. The van der Waals surface area contributed by atoms with Gasteiger partial charge in [-0.25, -0.2) is 9.99 Å². The molecule has 30 heavy (non-hydrogen) atoms. The van der Waals surface area contributed by atoms with Crippen LogP contribution in [-0.4, -0.2) is 33.7 Å². The van der Waals surface area contributed by atoms with Crippen molar-refractivity contribution in [1.29, 1.82) is 0 Å². The fourth-order valence-electron chi connectivity index (χ4n) is 3.53. The molecule has 0 saturated heterocycles. The third-order valence-electron chi connectivity index (χ3n) is 5.08. The van der Waals surface area contributed by atoms with Gasteiger partial charge in [-0.3, -0.25) is 9.78 Å². The molecule has 1 aliphatic heterocycles. The second kappa shape index (κ2) is 7.68. The molecule has 2 aromatic carbocycles. The number of rotatable bonds is 4. The van der Waals surface area contributed by atoms with Gasteiger partial charge < -0.3 is 4.74 Å². The maximum Gasteiger partial charge on any atom is 0.284 e. The van der Waals surface area contributed by atoms with Gasteiger partial charge >= 0.3 is 0 Å². The Balaban J connectivity index is 1.54. The molecule has 3 heterocycles. The van der Waals surface area contributed by atoms with Crippen LogP contribution in [0.15, 0.2) is 77.3 Å². The second-order valence-corrected chi connectivity index (χ2v) is 7.85. The first-order valence-electron chi connectivity index (χ1n) is 9.53. The van der Waals surface area contributed by atoms with Crippen molar-refractivity contribution in [2.45, 2.75) is 12.5 Å². The predicted octanol–water partition coefficient (Wildman–Crippen LogP) is 4.69. The standard InChI is InChI=1S/C23H18N4O2S/c1-29-16-10-8-15(9-11-16)19-13-21(27(26-19)23(28)22-7-4-12-30-22)20-14-24-17-5-2-3-6-18(17)25-20/h2-12,14,21H,13H2,1H3. The number of methoxy groups -OCH3 is 1. The van der Waals surface area contributed by atoms with Crippen LogP contribution >= 0.6 is 11.3 Å². The second-order valence-electron chi connectivity index (χ2n) is 6.91. The number of hydrazone groups is 1. The van der Waals surface area contributed by atoms with E-state index in [1.807, 2.05) is 66.0 Å². The third kappa shape index (κ3) is 3.33. The summed E-state index contributed by atoms with van der Waals surface area (Å²) in [6, 6.07) is 18.8. The largest absolute Gasteiger partial charge is 0.497 e. The summed E-state index contributed by atoms with van der Waals surface area (Å²) in [5, 5.41) is 8.14. The molecule has 0 fully saturated rings. The van der Waals surface area contributed by atoms with Gasteiger partial charge in [0.2, 0.25) is 0 Å². The summed E-state index contributed by atoms with van der Waals surface area (Å²) in [5.74, 6) is 0.647. The van der Waals surface area contributed by atoms with Crippen LogP contribution in [0.4, 0.5) is 0 Å². The van der Waals surface area contributed by atoms with E-state index in [9.17, 15) is 4.79 Å². The first-order valence-corrected chi connectivity index (χ1v) is 10.4. The Kier molecular flexibility index (Phi) is 4.72. The van der Waals surface area contributed by atoms with Crippen LogP contribution in [0, 0.1) is 0 Å². The van der Waals surface area contributed by atoms with E-state index in [-0.39, 0.29) is 11.9 Å². The van der Waals surface area contributed by atoms with Crippen LogP contribution in [0.2, 0.25) is 0 Å². The molecule has 0 spiro atoms. The fraction of sp³-hybridized carbons (Fsp3) is 0.130. The van der Waals surface area contributed by atoms with Crippen LogP contribution in [0.25, 0.3) is 11.0 Å². The van der Waals surface area contributed by atoms with Crippen molar-refractivity contribution < 1.29 is 9.53 Å². The summed E-state index contributed by atoms with van der Waals surface area (Å²) in [4.78, 5) is 23.2. The Labute approximate surface area is 177 Å². The van der Waals surface area contributed by atoms with Gasteiger partial charge in [-0.2, -0.15) is 5.10 Å². The molecular weight excluding hydrogens is 396 g/mol. The van der Waals surface area contributed by atoms with Crippen molar-refractivity contribution in [1.82, 2.24) is 15.0 Å². The number of hydrogen-bond acceptors (Lipinski definition) is 6. The Morgan fingerprint density at radius 3 is 2.60 bits per heavy atom. The lowest BCUT2D eigenvalue weighted by Gasteiger charge is -2.20. The number of hydrogen-bond donors (Lipinski definition) is 0. The topological polar surface area (TPSA) is 67.7 Å². The Morgan fingerprint density at radius 1 is 1.07 bits per heavy atom. The highest BCUT2D eigenvalue weighted by Gasteiger charge is 2.35. The van der Waals surface area contributed by atoms with Crippen molar-refractivity contribution in [3.05, 3.63) is 88.4 Å². The van der Waals surface area contributed by atoms with Crippen molar-refractivity contribution in [2.75, 3.05) is 7.11 Å². The number of ether oxygens (including phenoxy) is 1. The van der Waals surface area contributed by atoms with Crippen molar-refractivity contribution in [3.8, 4) is 5.75 Å². The number of carbonyl (C=O) groups is 1. The molecule has 0 radical (unpaired) electrons. The number of benzene rings is 2. The number of amides is 1. The highest BCUT2D eigenvalue weighted by molar-refractivity contribution is 7.12. The minimum absolute atomic E-state index is 0.131. The molecule has 2 aromatic heterocycles. The van der Waals surface area contributed by atoms with Gasteiger partial charge in [0.25, 0.3) is 5.91 Å². The Hall–Kier alpha value is -3.58. The summed E-state index contributed by atoms with van der Waals surface area (Å²) >= 11 is 1.41. The average Bonchev–Trinajstić information content (AvgIpc) is 3.49. The number of nitrogens with zero attached hydrogens (tertiary/aromatic N) is 4. The highest BCUT2D eigenvalue weighted by Crippen LogP contribution is 2.34.